The molecule has 0 bridgehead atoms. The molecule has 0 fully saturated rings. The van der Waals surface area contributed by atoms with Crippen molar-refractivity contribution in [2.24, 2.45) is 11.8 Å². The average molecular weight is 1060 g/mol. The standard InChI is InChI=1S/C75H126N2/c1-7-12-17-20-23-26-27-28-29-30-31-32-33-34-35-36-37-40-43-48-59-71-66(6)74(72-60-51-49-57-69(72)64-62-67(53-44-15-10-4)55-46-41-38-24-21-18-13-8-2)77(76)75(71)73-61-52-50-58-70(73)65-63-68(54-45-16-11-5)56-47-42-39-25-22-19-14-9-3/h41-42,46-47,49-52,57-58,60-61,67-68H,7-40,43-45,48,53-56,59,62-65H2,1-6H3. The van der Waals surface area contributed by atoms with Crippen LogP contribution in [0.3, 0.4) is 0 Å². The van der Waals surface area contributed by atoms with Crippen LogP contribution in [0.2, 0.25) is 0 Å². The number of unbranched alkanes of at least 4 members (excludes halogenated alkanes) is 33. The van der Waals surface area contributed by atoms with Crippen LogP contribution in [0.15, 0.2) is 84.0 Å². The van der Waals surface area contributed by atoms with E-state index in [0.29, 0.717) is 11.8 Å². The Morgan fingerprint density at radius 2 is 0.675 bits per heavy atom. The molecular formula is C75H126N2. The van der Waals surface area contributed by atoms with Crippen molar-refractivity contribution < 1.29 is 4.70 Å². The van der Waals surface area contributed by atoms with Gasteiger partial charge in [0.15, 0.2) is 0 Å². The Morgan fingerprint density at radius 3 is 1.06 bits per heavy atom. The fourth-order valence-electron chi connectivity index (χ4n) is 12.5. The molecule has 0 radical (unpaired) electrons. The summed E-state index contributed by atoms with van der Waals surface area (Å²) in [5.41, 5.74) is 22.8. The lowest BCUT2D eigenvalue weighted by atomic mass is 9.88. The number of aryl methyl sites for hydroxylation is 2. The third-order valence-corrected chi connectivity index (χ3v) is 17.6. The molecular weight excluding hydrogens is 929 g/mol. The second-order valence-electron chi connectivity index (χ2n) is 24.5. The molecule has 436 valence electrons. The Balaban J connectivity index is 1.73. The molecule has 0 spiro atoms. The van der Waals surface area contributed by atoms with Crippen molar-refractivity contribution >= 4 is 11.4 Å². The first kappa shape index (κ1) is 68.3. The topological polar surface area (TPSA) is 25.3 Å². The van der Waals surface area contributed by atoms with Crippen LogP contribution < -0.4 is 0 Å². The molecule has 2 unspecified atom stereocenters. The molecule has 0 saturated carbocycles. The molecule has 1 aliphatic heterocycles. The highest BCUT2D eigenvalue weighted by molar-refractivity contribution is 5.83. The summed E-state index contributed by atoms with van der Waals surface area (Å²) < 4.78 is 1.67. The zero-order chi connectivity index (χ0) is 55.1. The first-order valence-corrected chi connectivity index (χ1v) is 34.4. The van der Waals surface area contributed by atoms with Crippen LogP contribution >= 0.6 is 0 Å². The number of hydrogen-bond donors (Lipinski definition) is 0. The summed E-state index contributed by atoms with van der Waals surface area (Å²) in [4.78, 5) is 0. The summed E-state index contributed by atoms with van der Waals surface area (Å²) in [6.07, 6.45) is 72.4. The van der Waals surface area contributed by atoms with E-state index in [9.17, 15) is 5.53 Å². The SMILES string of the molecule is CCCCCCCC=CCC(CCCCC)CCc1ccccc1C1=C(C)C(CCCCCCCCCCCCCCCCCCCCCC)=C(c2ccccc2CCC(CC=CCCCCCCC)CCCCC)[N+]1=[N-]. The van der Waals surface area contributed by atoms with Crippen LogP contribution in [-0.4, -0.2) is 4.70 Å². The van der Waals surface area contributed by atoms with Crippen LogP contribution in [-0.2, 0) is 12.8 Å². The summed E-state index contributed by atoms with van der Waals surface area (Å²) in [6, 6.07) is 18.3. The average Bonchev–Trinajstić information content (AvgIpc) is 3.69. The van der Waals surface area contributed by atoms with E-state index in [4.69, 9.17) is 0 Å². The molecule has 3 rings (SSSR count). The Kier molecular flexibility index (Phi) is 42.4. The highest BCUT2D eigenvalue weighted by Crippen LogP contribution is 2.44. The number of hydrogen-bond acceptors (Lipinski definition) is 0. The number of nitrogens with zero attached hydrogens (tertiary/aromatic N) is 2. The van der Waals surface area contributed by atoms with Gasteiger partial charge in [0.1, 0.15) is 0 Å². The van der Waals surface area contributed by atoms with Crippen molar-refractivity contribution in [2.75, 3.05) is 0 Å². The van der Waals surface area contributed by atoms with E-state index in [2.05, 4.69) is 114 Å². The van der Waals surface area contributed by atoms with Crippen molar-refractivity contribution in [2.45, 2.75) is 343 Å². The van der Waals surface area contributed by atoms with Crippen LogP contribution in [0.4, 0.5) is 0 Å². The molecule has 0 saturated heterocycles. The largest absolute Gasteiger partial charge is 0.493 e. The molecule has 77 heavy (non-hydrogen) atoms. The fraction of sp³-hybridized carbons (Fsp3) is 0.733. The van der Waals surface area contributed by atoms with Gasteiger partial charge in [-0.15, -0.1) is 0 Å². The predicted octanol–water partition coefficient (Wildman–Crippen LogP) is 26.0. The number of benzene rings is 2. The zero-order valence-corrected chi connectivity index (χ0v) is 52.2. The lowest BCUT2D eigenvalue weighted by molar-refractivity contribution is -0.345. The predicted molar refractivity (Wildman–Crippen MR) is 345 cm³/mol. The van der Waals surface area contributed by atoms with Crippen molar-refractivity contribution in [1.82, 2.24) is 0 Å². The van der Waals surface area contributed by atoms with Crippen LogP contribution in [0.25, 0.3) is 16.9 Å². The van der Waals surface area contributed by atoms with Gasteiger partial charge in [-0.25, -0.2) is 4.70 Å². The van der Waals surface area contributed by atoms with Gasteiger partial charge in [0.25, 0.3) is 0 Å². The van der Waals surface area contributed by atoms with Gasteiger partial charge in [-0.2, -0.15) is 0 Å². The Hall–Kier alpha value is -3.00. The van der Waals surface area contributed by atoms with Gasteiger partial charge in [0, 0.05) is 22.3 Å². The van der Waals surface area contributed by atoms with Crippen molar-refractivity contribution in [3.05, 3.63) is 112 Å². The summed E-state index contributed by atoms with van der Waals surface area (Å²) in [7, 11) is 0. The number of allylic oxidation sites excluding steroid dienone is 6. The summed E-state index contributed by atoms with van der Waals surface area (Å²) in [5, 5.41) is 0. The van der Waals surface area contributed by atoms with E-state index in [1.54, 1.807) is 4.70 Å². The second-order valence-corrected chi connectivity index (χ2v) is 24.5. The van der Waals surface area contributed by atoms with Crippen LogP contribution in [0.5, 0.6) is 0 Å². The first-order chi connectivity index (χ1) is 38.0. The maximum absolute atomic E-state index is 12.8. The fourth-order valence-corrected chi connectivity index (χ4v) is 12.5. The molecule has 2 atom stereocenters. The van der Waals surface area contributed by atoms with Gasteiger partial charge in [0.05, 0.1) is 0 Å². The summed E-state index contributed by atoms with van der Waals surface area (Å²) in [6.45, 7) is 13.9. The van der Waals surface area contributed by atoms with Crippen molar-refractivity contribution in [3.63, 3.8) is 0 Å². The lowest BCUT2D eigenvalue weighted by Gasteiger charge is -2.18. The van der Waals surface area contributed by atoms with Crippen LogP contribution in [0, 0.1) is 11.8 Å². The first-order valence-electron chi connectivity index (χ1n) is 34.4. The highest BCUT2D eigenvalue weighted by atomic mass is 15.2. The third-order valence-electron chi connectivity index (χ3n) is 17.6. The molecule has 0 N–H and O–H groups in total. The molecule has 2 heteroatoms. The van der Waals surface area contributed by atoms with E-state index in [-0.39, 0.29) is 0 Å². The van der Waals surface area contributed by atoms with Gasteiger partial charge in [-0.3, -0.25) is 0 Å². The highest BCUT2D eigenvalue weighted by Gasteiger charge is 2.35. The zero-order valence-electron chi connectivity index (χ0n) is 52.2. The van der Waals surface area contributed by atoms with Gasteiger partial charge in [-0.05, 0) is 119 Å². The normalized spacial score (nSPS) is 13.9. The molecule has 0 amide bonds. The number of rotatable bonds is 53. The monoisotopic (exact) mass is 1050 g/mol. The second kappa shape index (κ2) is 47.8. The van der Waals surface area contributed by atoms with E-state index < -0.39 is 0 Å². The lowest BCUT2D eigenvalue weighted by Crippen LogP contribution is -2.09. The molecule has 1 heterocycles. The molecule has 2 aromatic carbocycles. The molecule has 0 aliphatic carbocycles. The minimum absolute atomic E-state index is 0.696. The Morgan fingerprint density at radius 1 is 0.351 bits per heavy atom. The molecule has 0 aromatic heterocycles. The van der Waals surface area contributed by atoms with Gasteiger partial charge < -0.3 is 5.53 Å². The van der Waals surface area contributed by atoms with Gasteiger partial charge in [-0.1, -0.05) is 320 Å². The van der Waals surface area contributed by atoms with E-state index >= 15 is 0 Å². The van der Waals surface area contributed by atoms with Crippen LogP contribution in [0.1, 0.15) is 353 Å². The summed E-state index contributed by atoms with van der Waals surface area (Å²) in [5.74, 6) is 1.39. The molecule has 2 aromatic rings. The van der Waals surface area contributed by atoms with E-state index in [1.165, 1.54) is 316 Å². The Labute approximate surface area is 480 Å². The minimum Gasteiger partial charge on any atom is -0.493 e. The summed E-state index contributed by atoms with van der Waals surface area (Å²) >= 11 is 0. The smallest absolute Gasteiger partial charge is 0.211 e. The van der Waals surface area contributed by atoms with Crippen molar-refractivity contribution in [1.29, 1.82) is 0 Å². The van der Waals surface area contributed by atoms with Gasteiger partial charge >= 0.3 is 0 Å². The van der Waals surface area contributed by atoms with E-state index in [1.807, 2.05) is 0 Å². The molecule has 1 aliphatic rings. The Bertz CT molecular complexity index is 1860. The van der Waals surface area contributed by atoms with Crippen molar-refractivity contribution in [3.8, 4) is 0 Å². The minimum atomic E-state index is 0.696. The third kappa shape index (κ3) is 31.0. The quantitative estimate of drug-likeness (QED) is 0.0358. The maximum atomic E-state index is 12.8. The van der Waals surface area contributed by atoms with E-state index in [0.717, 1.165) is 30.7 Å². The molecule has 2 nitrogen and oxygen atoms in total. The van der Waals surface area contributed by atoms with Gasteiger partial charge in [0.2, 0.25) is 11.4 Å². The maximum Gasteiger partial charge on any atom is 0.211 e.